The van der Waals surface area contributed by atoms with Crippen LogP contribution < -0.4 is 5.32 Å². The van der Waals surface area contributed by atoms with Crippen LogP contribution in [-0.2, 0) is 17.9 Å². The molecule has 2 fully saturated rings. The standard InChI is InChI=1S/C19H19Cl2N3O2S/c20-13-6-5-12(15(21)9-13)10-23-16-4-1-7-22-17(16)18(25)24(19(23)26)11-14-3-2-8-27-14/h2-3,5-6,8-9,16-17,22H,1,4,7,10-11H2. The van der Waals surface area contributed by atoms with Gasteiger partial charge in [0.25, 0.3) is 0 Å². The second-order valence-corrected chi connectivity index (χ2v) is 8.67. The van der Waals surface area contributed by atoms with Gasteiger partial charge in [-0.2, -0.15) is 0 Å². The molecule has 0 aliphatic carbocycles. The first kappa shape index (κ1) is 18.7. The highest BCUT2D eigenvalue weighted by Gasteiger charge is 2.47. The van der Waals surface area contributed by atoms with Crippen LogP contribution in [0, 0.1) is 0 Å². The van der Waals surface area contributed by atoms with Crippen molar-refractivity contribution in [3.63, 3.8) is 0 Å². The molecule has 2 aromatic rings. The van der Waals surface area contributed by atoms with Gasteiger partial charge < -0.3 is 10.2 Å². The molecule has 1 N–H and O–H groups in total. The molecule has 0 saturated carbocycles. The lowest BCUT2D eigenvalue weighted by molar-refractivity contribution is -0.137. The Kier molecular flexibility index (Phi) is 5.41. The number of carbonyl (C=O) groups excluding carboxylic acids is 2. The highest BCUT2D eigenvalue weighted by Crippen LogP contribution is 2.30. The fourth-order valence-electron chi connectivity index (χ4n) is 3.74. The van der Waals surface area contributed by atoms with Crippen molar-refractivity contribution < 1.29 is 9.59 Å². The third-order valence-electron chi connectivity index (χ3n) is 5.08. The Morgan fingerprint density at radius 2 is 2.04 bits per heavy atom. The molecule has 27 heavy (non-hydrogen) atoms. The molecule has 0 spiro atoms. The number of nitrogens with zero attached hydrogens (tertiary/aromatic N) is 2. The van der Waals surface area contributed by atoms with Gasteiger partial charge in [0.1, 0.15) is 6.04 Å². The van der Waals surface area contributed by atoms with Crippen LogP contribution in [0.15, 0.2) is 35.7 Å². The van der Waals surface area contributed by atoms with Gasteiger partial charge in [-0.05, 0) is 48.5 Å². The minimum atomic E-state index is -0.373. The average Bonchev–Trinajstić information content (AvgIpc) is 3.17. The number of nitrogens with one attached hydrogen (secondary N) is 1. The molecule has 2 aliphatic rings. The summed E-state index contributed by atoms with van der Waals surface area (Å²) >= 11 is 13.9. The van der Waals surface area contributed by atoms with Crippen molar-refractivity contribution in [2.24, 2.45) is 0 Å². The number of amides is 3. The summed E-state index contributed by atoms with van der Waals surface area (Å²) in [5, 5.41) is 6.33. The second kappa shape index (κ2) is 7.80. The molecule has 2 saturated heterocycles. The molecule has 2 unspecified atom stereocenters. The van der Waals surface area contributed by atoms with E-state index in [-0.39, 0.29) is 24.0 Å². The number of carbonyl (C=O) groups is 2. The first-order valence-corrected chi connectivity index (χ1v) is 10.5. The number of imide groups is 1. The molecule has 3 amide bonds. The Bertz CT molecular complexity index is 859. The van der Waals surface area contributed by atoms with E-state index in [9.17, 15) is 9.59 Å². The van der Waals surface area contributed by atoms with Gasteiger partial charge in [0.15, 0.2) is 0 Å². The lowest BCUT2D eigenvalue weighted by atomic mass is 9.93. The summed E-state index contributed by atoms with van der Waals surface area (Å²) in [6.07, 6.45) is 1.73. The highest BCUT2D eigenvalue weighted by atomic mass is 35.5. The smallest absolute Gasteiger partial charge is 0.315 e. The Labute approximate surface area is 171 Å². The summed E-state index contributed by atoms with van der Waals surface area (Å²) in [6.45, 7) is 1.43. The minimum Gasteiger partial charge on any atom is -0.315 e. The Hall–Kier alpha value is -1.60. The maximum atomic E-state index is 13.2. The van der Waals surface area contributed by atoms with E-state index in [1.54, 1.807) is 17.0 Å². The second-order valence-electron chi connectivity index (χ2n) is 6.79. The minimum absolute atomic E-state index is 0.142. The SMILES string of the molecule is O=C1C2NCCCC2N(Cc2ccc(Cl)cc2Cl)C(=O)N1Cc1cccs1. The fourth-order valence-corrected chi connectivity index (χ4v) is 4.90. The predicted octanol–water partition coefficient (Wildman–Crippen LogP) is 4.14. The molecule has 0 radical (unpaired) electrons. The van der Waals surface area contributed by atoms with Crippen molar-refractivity contribution in [3.05, 3.63) is 56.2 Å². The van der Waals surface area contributed by atoms with E-state index in [0.29, 0.717) is 23.1 Å². The average molecular weight is 424 g/mol. The molecular formula is C19H19Cl2N3O2S. The van der Waals surface area contributed by atoms with Gasteiger partial charge in [-0.1, -0.05) is 35.3 Å². The number of hydrogen-bond acceptors (Lipinski definition) is 4. The van der Waals surface area contributed by atoms with E-state index in [2.05, 4.69) is 5.32 Å². The first-order chi connectivity index (χ1) is 13.0. The topological polar surface area (TPSA) is 52.7 Å². The first-order valence-electron chi connectivity index (χ1n) is 8.86. The van der Waals surface area contributed by atoms with Gasteiger partial charge >= 0.3 is 6.03 Å². The third kappa shape index (κ3) is 3.72. The molecule has 142 valence electrons. The van der Waals surface area contributed by atoms with Crippen LogP contribution in [-0.4, -0.2) is 40.4 Å². The van der Waals surface area contributed by atoms with E-state index in [4.69, 9.17) is 23.2 Å². The predicted molar refractivity (Wildman–Crippen MR) is 107 cm³/mol. The quantitative estimate of drug-likeness (QED) is 0.803. The van der Waals surface area contributed by atoms with Crippen molar-refractivity contribution >= 4 is 46.5 Å². The highest BCUT2D eigenvalue weighted by molar-refractivity contribution is 7.09. The van der Waals surface area contributed by atoms with E-state index < -0.39 is 0 Å². The van der Waals surface area contributed by atoms with Crippen LogP contribution in [0.5, 0.6) is 0 Å². The van der Waals surface area contributed by atoms with Gasteiger partial charge in [0.2, 0.25) is 5.91 Å². The number of thiophene rings is 1. The lowest BCUT2D eigenvalue weighted by Gasteiger charge is -2.47. The molecule has 1 aromatic heterocycles. The number of fused-ring (bicyclic) bond motifs is 1. The van der Waals surface area contributed by atoms with Crippen LogP contribution in [0.25, 0.3) is 0 Å². The lowest BCUT2D eigenvalue weighted by Crippen LogP contribution is -2.68. The van der Waals surface area contributed by atoms with Crippen molar-refractivity contribution in [3.8, 4) is 0 Å². The molecule has 0 bridgehead atoms. The normalized spacial score (nSPS) is 22.9. The number of hydrogen-bond donors (Lipinski definition) is 1. The van der Waals surface area contributed by atoms with Gasteiger partial charge in [-0.15, -0.1) is 11.3 Å². The monoisotopic (exact) mass is 423 g/mol. The molecule has 4 rings (SSSR count). The van der Waals surface area contributed by atoms with Crippen LogP contribution >= 0.6 is 34.5 Å². The maximum absolute atomic E-state index is 13.2. The number of urea groups is 1. The van der Waals surface area contributed by atoms with Crippen LogP contribution in [0.1, 0.15) is 23.3 Å². The van der Waals surface area contributed by atoms with E-state index in [1.807, 2.05) is 23.6 Å². The third-order valence-corrected chi connectivity index (χ3v) is 6.53. The fraction of sp³-hybridized carbons (Fsp3) is 0.368. The summed E-state index contributed by atoms with van der Waals surface area (Å²) in [4.78, 5) is 30.3. The molecule has 2 aliphatic heterocycles. The molecule has 8 heteroatoms. The molecule has 3 heterocycles. The van der Waals surface area contributed by atoms with Gasteiger partial charge in [-0.3, -0.25) is 9.69 Å². The van der Waals surface area contributed by atoms with Gasteiger partial charge in [-0.25, -0.2) is 4.79 Å². The molecule has 5 nitrogen and oxygen atoms in total. The summed E-state index contributed by atoms with van der Waals surface area (Å²) < 4.78 is 0. The van der Waals surface area contributed by atoms with Crippen LogP contribution in [0.4, 0.5) is 4.79 Å². The zero-order chi connectivity index (χ0) is 19.0. The van der Waals surface area contributed by atoms with Crippen molar-refractivity contribution in [2.75, 3.05) is 6.54 Å². The Morgan fingerprint density at radius 1 is 1.19 bits per heavy atom. The van der Waals surface area contributed by atoms with Crippen LogP contribution in [0.2, 0.25) is 10.0 Å². The van der Waals surface area contributed by atoms with Crippen molar-refractivity contribution in [2.45, 2.75) is 38.0 Å². The zero-order valence-electron chi connectivity index (χ0n) is 14.5. The summed E-state index contributed by atoms with van der Waals surface area (Å²) in [6, 6.07) is 8.35. The Morgan fingerprint density at radius 3 is 2.78 bits per heavy atom. The van der Waals surface area contributed by atoms with E-state index >= 15 is 0 Å². The van der Waals surface area contributed by atoms with Gasteiger partial charge in [0, 0.05) is 21.5 Å². The van der Waals surface area contributed by atoms with E-state index in [1.165, 1.54) is 16.2 Å². The number of piperidine rings is 1. The number of halogens is 2. The molecule has 1 aromatic carbocycles. The van der Waals surface area contributed by atoms with Crippen molar-refractivity contribution in [1.29, 1.82) is 0 Å². The summed E-state index contributed by atoms with van der Waals surface area (Å²) in [5.41, 5.74) is 0.823. The largest absolute Gasteiger partial charge is 0.327 e. The van der Waals surface area contributed by atoms with Crippen molar-refractivity contribution in [1.82, 2.24) is 15.1 Å². The Balaban J connectivity index is 1.64. The summed E-state index contributed by atoms with van der Waals surface area (Å²) in [7, 11) is 0. The van der Waals surface area contributed by atoms with E-state index in [0.717, 1.165) is 29.8 Å². The molecular weight excluding hydrogens is 405 g/mol. The van der Waals surface area contributed by atoms with Crippen LogP contribution in [0.3, 0.4) is 0 Å². The summed E-state index contributed by atoms with van der Waals surface area (Å²) in [5.74, 6) is -0.142. The molecule has 2 atom stereocenters. The maximum Gasteiger partial charge on any atom is 0.327 e. The zero-order valence-corrected chi connectivity index (χ0v) is 16.9. The number of rotatable bonds is 4. The number of benzene rings is 1. The van der Waals surface area contributed by atoms with Gasteiger partial charge in [0.05, 0.1) is 12.6 Å².